The van der Waals surface area contributed by atoms with Gasteiger partial charge >= 0.3 is 5.97 Å². The third-order valence-electron chi connectivity index (χ3n) is 2.16. The van der Waals surface area contributed by atoms with Crippen LogP contribution in [0.2, 0.25) is 0 Å². The van der Waals surface area contributed by atoms with E-state index in [-0.39, 0.29) is 0 Å². The van der Waals surface area contributed by atoms with Crippen LogP contribution in [-0.2, 0) is 10.5 Å². The van der Waals surface area contributed by atoms with Gasteiger partial charge < -0.3 is 10.8 Å². The molecular weight excluding hydrogens is 222 g/mol. The zero-order valence-corrected chi connectivity index (χ0v) is 10.4. The van der Waals surface area contributed by atoms with E-state index in [4.69, 9.17) is 10.8 Å². The average molecular weight is 239 g/mol. The van der Waals surface area contributed by atoms with Crippen LogP contribution in [0, 0.1) is 13.8 Å². The van der Waals surface area contributed by atoms with Crippen molar-refractivity contribution in [2.45, 2.75) is 25.6 Å². The van der Waals surface area contributed by atoms with Crippen molar-refractivity contribution in [2.75, 3.05) is 5.75 Å². The van der Waals surface area contributed by atoms with Crippen molar-refractivity contribution in [1.29, 1.82) is 0 Å². The van der Waals surface area contributed by atoms with Gasteiger partial charge in [0.25, 0.3) is 0 Å². The second-order valence-electron chi connectivity index (χ2n) is 3.96. The smallest absolute Gasteiger partial charge is 0.321 e. The molecular formula is C12H17NO2S. The number of rotatable bonds is 5. The predicted octanol–water partition coefficient (Wildman–Crippen LogP) is 1.95. The van der Waals surface area contributed by atoms with Crippen molar-refractivity contribution < 1.29 is 9.90 Å². The second-order valence-corrected chi connectivity index (χ2v) is 4.99. The summed E-state index contributed by atoms with van der Waals surface area (Å²) in [6.07, 6.45) is 0. The number of thioether (sulfide) groups is 1. The van der Waals surface area contributed by atoms with E-state index in [0.29, 0.717) is 5.75 Å². The van der Waals surface area contributed by atoms with Crippen LogP contribution < -0.4 is 5.73 Å². The molecule has 1 rings (SSSR count). The van der Waals surface area contributed by atoms with Crippen LogP contribution in [0.3, 0.4) is 0 Å². The molecule has 16 heavy (non-hydrogen) atoms. The molecule has 0 aliphatic heterocycles. The van der Waals surface area contributed by atoms with Gasteiger partial charge in [0.15, 0.2) is 0 Å². The molecule has 0 unspecified atom stereocenters. The van der Waals surface area contributed by atoms with Gasteiger partial charge in [0, 0.05) is 11.5 Å². The van der Waals surface area contributed by atoms with Gasteiger partial charge in [-0.15, -0.1) is 0 Å². The normalized spacial score (nSPS) is 12.4. The maximum atomic E-state index is 10.5. The lowest BCUT2D eigenvalue weighted by Gasteiger charge is -2.07. The first-order valence-corrected chi connectivity index (χ1v) is 6.28. The van der Waals surface area contributed by atoms with Crippen molar-refractivity contribution in [3.05, 3.63) is 34.9 Å². The molecule has 0 aromatic heterocycles. The van der Waals surface area contributed by atoms with Crippen LogP contribution in [0.5, 0.6) is 0 Å². The molecule has 1 aromatic rings. The van der Waals surface area contributed by atoms with Gasteiger partial charge in [-0.25, -0.2) is 0 Å². The van der Waals surface area contributed by atoms with E-state index in [1.165, 1.54) is 16.7 Å². The summed E-state index contributed by atoms with van der Waals surface area (Å²) >= 11 is 1.55. The van der Waals surface area contributed by atoms with E-state index in [1.54, 1.807) is 11.8 Å². The fourth-order valence-corrected chi connectivity index (χ4v) is 2.44. The van der Waals surface area contributed by atoms with Gasteiger partial charge in [0.2, 0.25) is 0 Å². The quantitative estimate of drug-likeness (QED) is 0.824. The molecule has 4 heteroatoms. The topological polar surface area (TPSA) is 63.3 Å². The molecule has 1 atom stereocenters. The number of hydrogen-bond donors (Lipinski definition) is 2. The number of carbonyl (C=O) groups is 1. The molecule has 0 saturated carbocycles. The van der Waals surface area contributed by atoms with Gasteiger partial charge in [0.05, 0.1) is 0 Å². The van der Waals surface area contributed by atoms with Gasteiger partial charge in [-0.2, -0.15) is 11.8 Å². The average Bonchev–Trinajstić information content (AvgIpc) is 2.15. The van der Waals surface area contributed by atoms with Crippen LogP contribution in [0.1, 0.15) is 16.7 Å². The Morgan fingerprint density at radius 1 is 1.38 bits per heavy atom. The zero-order valence-electron chi connectivity index (χ0n) is 9.56. The van der Waals surface area contributed by atoms with Gasteiger partial charge in [-0.05, 0) is 19.4 Å². The molecule has 0 aliphatic rings. The van der Waals surface area contributed by atoms with Gasteiger partial charge in [-0.1, -0.05) is 29.3 Å². The highest BCUT2D eigenvalue weighted by Crippen LogP contribution is 2.16. The summed E-state index contributed by atoms with van der Waals surface area (Å²) < 4.78 is 0. The van der Waals surface area contributed by atoms with Crippen molar-refractivity contribution in [3.63, 3.8) is 0 Å². The summed E-state index contributed by atoms with van der Waals surface area (Å²) in [6, 6.07) is 5.59. The third kappa shape index (κ3) is 4.24. The lowest BCUT2D eigenvalue weighted by molar-refractivity contribution is -0.137. The summed E-state index contributed by atoms with van der Waals surface area (Å²) in [5.74, 6) is 0.319. The number of benzene rings is 1. The maximum absolute atomic E-state index is 10.5. The van der Waals surface area contributed by atoms with E-state index in [9.17, 15) is 4.79 Å². The van der Waals surface area contributed by atoms with E-state index in [0.717, 1.165) is 5.75 Å². The van der Waals surface area contributed by atoms with Crippen LogP contribution in [0.4, 0.5) is 0 Å². The summed E-state index contributed by atoms with van der Waals surface area (Å²) in [7, 11) is 0. The molecule has 1 aromatic carbocycles. The van der Waals surface area contributed by atoms with Crippen LogP contribution >= 0.6 is 11.8 Å². The van der Waals surface area contributed by atoms with Crippen molar-refractivity contribution in [1.82, 2.24) is 0 Å². The van der Waals surface area contributed by atoms with Crippen molar-refractivity contribution >= 4 is 17.7 Å². The summed E-state index contributed by atoms with van der Waals surface area (Å²) in [6.45, 7) is 4.12. The van der Waals surface area contributed by atoms with Crippen LogP contribution in [-0.4, -0.2) is 22.9 Å². The minimum Gasteiger partial charge on any atom is -0.480 e. The minimum atomic E-state index is -0.937. The Morgan fingerprint density at radius 3 is 2.44 bits per heavy atom. The molecule has 0 radical (unpaired) electrons. The number of carboxylic acids is 1. The molecule has 0 saturated heterocycles. The number of aryl methyl sites for hydroxylation is 2. The lowest BCUT2D eigenvalue weighted by Crippen LogP contribution is -2.32. The largest absolute Gasteiger partial charge is 0.480 e. The van der Waals surface area contributed by atoms with Crippen LogP contribution in [0.15, 0.2) is 18.2 Å². The maximum Gasteiger partial charge on any atom is 0.321 e. The number of nitrogens with two attached hydrogens (primary N) is 1. The first-order valence-electron chi connectivity index (χ1n) is 5.12. The molecule has 0 bridgehead atoms. The molecule has 0 heterocycles. The Hall–Kier alpha value is -1.00. The highest BCUT2D eigenvalue weighted by molar-refractivity contribution is 7.98. The highest BCUT2D eigenvalue weighted by Gasteiger charge is 2.10. The molecule has 0 spiro atoms. The Morgan fingerprint density at radius 2 is 1.94 bits per heavy atom. The SMILES string of the molecule is Cc1cc(C)cc(CSC[C@H](N)C(=O)O)c1. The minimum absolute atomic E-state index is 0.447. The number of hydrogen-bond acceptors (Lipinski definition) is 3. The summed E-state index contributed by atoms with van der Waals surface area (Å²) in [5, 5.41) is 8.63. The van der Waals surface area contributed by atoms with E-state index < -0.39 is 12.0 Å². The Labute approximate surface area is 100 Å². The zero-order chi connectivity index (χ0) is 12.1. The molecule has 88 valence electrons. The Balaban J connectivity index is 2.46. The first kappa shape index (κ1) is 13.1. The fraction of sp³-hybridized carbons (Fsp3) is 0.417. The number of aliphatic carboxylic acids is 1. The summed E-state index contributed by atoms with van der Waals surface area (Å²) in [5.41, 5.74) is 9.11. The van der Waals surface area contributed by atoms with Crippen LogP contribution in [0.25, 0.3) is 0 Å². The number of carboxylic acid groups (broad SMARTS) is 1. The third-order valence-corrected chi connectivity index (χ3v) is 3.30. The van der Waals surface area contributed by atoms with Gasteiger partial charge in [0.1, 0.15) is 6.04 Å². The molecule has 3 nitrogen and oxygen atoms in total. The Bertz CT molecular complexity index is 359. The fourth-order valence-electron chi connectivity index (χ4n) is 1.53. The van der Waals surface area contributed by atoms with Crippen molar-refractivity contribution in [2.24, 2.45) is 5.73 Å². The first-order chi connectivity index (χ1) is 7.49. The molecule has 0 aliphatic carbocycles. The second kappa shape index (κ2) is 5.92. The Kier molecular flexibility index (Phi) is 4.83. The lowest BCUT2D eigenvalue weighted by atomic mass is 10.1. The molecule has 0 amide bonds. The highest BCUT2D eigenvalue weighted by atomic mass is 32.2. The monoisotopic (exact) mass is 239 g/mol. The van der Waals surface area contributed by atoms with E-state index in [1.807, 2.05) is 0 Å². The molecule has 3 N–H and O–H groups in total. The standard InChI is InChI=1S/C12H17NO2S/c1-8-3-9(2)5-10(4-8)6-16-7-11(13)12(14)15/h3-5,11H,6-7,13H2,1-2H3,(H,14,15)/t11-/m0/s1. The summed E-state index contributed by atoms with van der Waals surface area (Å²) in [4.78, 5) is 10.5. The van der Waals surface area contributed by atoms with E-state index in [2.05, 4.69) is 32.0 Å². The van der Waals surface area contributed by atoms with Gasteiger partial charge in [-0.3, -0.25) is 4.79 Å². The van der Waals surface area contributed by atoms with E-state index >= 15 is 0 Å². The molecule has 0 fully saturated rings. The van der Waals surface area contributed by atoms with Crippen molar-refractivity contribution in [3.8, 4) is 0 Å². The predicted molar refractivity (Wildman–Crippen MR) is 67.7 cm³/mol.